The first-order chi connectivity index (χ1) is 8.33. The van der Waals surface area contributed by atoms with Crippen LogP contribution in [0.25, 0.3) is 0 Å². The third-order valence-corrected chi connectivity index (χ3v) is 3.22. The molecule has 0 fully saturated rings. The summed E-state index contributed by atoms with van der Waals surface area (Å²) in [6.07, 6.45) is 1.65. The van der Waals surface area contributed by atoms with Gasteiger partial charge in [-0.25, -0.2) is 0 Å². The van der Waals surface area contributed by atoms with E-state index >= 15 is 0 Å². The Morgan fingerprint density at radius 3 is 2.88 bits per heavy atom. The molecule has 0 spiro atoms. The van der Waals surface area contributed by atoms with Crippen LogP contribution in [0.5, 0.6) is 11.5 Å². The molecule has 0 atom stereocenters. The van der Waals surface area contributed by atoms with Crippen molar-refractivity contribution in [3.05, 3.63) is 40.8 Å². The van der Waals surface area contributed by atoms with Gasteiger partial charge in [-0.2, -0.15) is 0 Å². The summed E-state index contributed by atoms with van der Waals surface area (Å²) < 4.78 is 16.8. The Hall–Kier alpha value is -1.62. The SMILES string of the molecule is Brc1ccoc1CNc1ccc2c(c1)OCO2. The first-order valence-corrected chi connectivity index (χ1v) is 5.97. The summed E-state index contributed by atoms with van der Waals surface area (Å²) in [4.78, 5) is 0. The second-order valence-corrected chi connectivity index (χ2v) is 4.47. The topological polar surface area (TPSA) is 43.6 Å². The molecule has 88 valence electrons. The Labute approximate surface area is 107 Å². The minimum atomic E-state index is 0.294. The van der Waals surface area contributed by atoms with E-state index in [4.69, 9.17) is 13.9 Å². The number of fused-ring (bicyclic) bond motifs is 1. The molecule has 4 nitrogen and oxygen atoms in total. The van der Waals surface area contributed by atoms with Crippen molar-refractivity contribution in [2.45, 2.75) is 6.54 Å². The lowest BCUT2D eigenvalue weighted by molar-refractivity contribution is 0.174. The van der Waals surface area contributed by atoms with E-state index in [0.717, 1.165) is 27.4 Å². The lowest BCUT2D eigenvalue weighted by atomic mass is 10.2. The van der Waals surface area contributed by atoms with E-state index in [2.05, 4.69) is 21.2 Å². The molecule has 3 rings (SSSR count). The smallest absolute Gasteiger partial charge is 0.231 e. The number of nitrogens with one attached hydrogen (secondary N) is 1. The molecule has 1 N–H and O–H groups in total. The third kappa shape index (κ3) is 2.10. The maximum Gasteiger partial charge on any atom is 0.231 e. The van der Waals surface area contributed by atoms with Gasteiger partial charge in [0, 0.05) is 11.8 Å². The Kier molecular flexibility index (Phi) is 2.68. The molecule has 2 aromatic rings. The van der Waals surface area contributed by atoms with Crippen molar-refractivity contribution in [3.63, 3.8) is 0 Å². The first-order valence-electron chi connectivity index (χ1n) is 5.18. The van der Waals surface area contributed by atoms with Crippen LogP contribution < -0.4 is 14.8 Å². The van der Waals surface area contributed by atoms with Gasteiger partial charge in [0.05, 0.1) is 17.3 Å². The molecule has 0 bridgehead atoms. The van der Waals surface area contributed by atoms with E-state index in [0.29, 0.717) is 13.3 Å². The van der Waals surface area contributed by atoms with Crippen molar-refractivity contribution in [1.29, 1.82) is 0 Å². The van der Waals surface area contributed by atoms with Gasteiger partial charge in [0.15, 0.2) is 11.5 Å². The van der Waals surface area contributed by atoms with E-state index in [9.17, 15) is 0 Å². The maximum absolute atomic E-state index is 5.31. The highest BCUT2D eigenvalue weighted by Crippen LogP contribution is 2.34. The zero-order valence-electron chi connectivity index (χ0n) is 8.90. The lowest BCUT2D eigenvalue weighted by Crippen LogP contribution is -1.98. The number of benzene rings is 1. The van der Waals surface area contributed by atoms with Gasteiger partial charge >= 0.3 is 0 Å². The number of hydrogen-bond donors (Lipinski definition) is 1. The maximum atomic E-state index is 5.31. The van der Waals surface area contributed by atoms with Crippen molar-refractivity contribution < 1.29 is 13.9 Å². The molecule has 0 saturated carbocycles. The fraction of sp³-hybridized carbons (Fsp3) is 0.167. The van der Waals surface area contributed by atoms with Gasteiger partial charge in [0.2, 0.25) is 6.79 Å². The molecule has 0 radical (unpaired) electrons. The van der Waals surface area contributed by atoms with Crippen LogP contribution in [-0.2, 0) is 6.54 Å². The quantitative estimate of drug-likeness (QED) is 0.943. The van der Waals surface area contributed by atoms with E-state index in [1.807, 2.05) is 24.3 Å². The van der Waals surface area contributed by atoms with Crippen LogP contribution in [0.4, 0.5) is 5.69 Å². The normalized spacial score (nSPS) is 12.8. The van der Waals surface area contributed by atoms with Crippen LogP contribution >= 0.6 is 15.9 Å². The minimum absolute atomic E-state index is 0.294. The molecule has 1 aliphatic rings. The Balaban J connectivity index is 1.72. The molecule has 1 aromatic carbocycles. The zero-order chi connectivity index (χ0) is 11.7. The summed E-state index contributed by atoms with van der Waals surface area (Å²) in [5.41, 5.74) is 0.970. The second kappa shape index (κ2) is 4.33. The van der Waals surface area contributed by atoms with Crippen molar-refractivity contribution >= 4 is 21.6 Å². The molecule has 2 heterocycles. The average Bonchev–Trinajstić information content (AvgIpc) is 2.94. The molecule has 0 saturated heterocycles. The monoisotopic (exact) mass is 295 g/mol. The van der Waals surface area contributed by atoms with Crippen LogP contribution in [-0.4, -0.2) is 6.79 Å². The van der Waals surface area contributed by atoms with Crippen LogP contribution in [0.15, 0.2) is 39.4 Å². The molecular formula is C12H10BrNO3. The minimum Gasteiger partial charge on any atom is -0.466 e. The fourth-order valence-electron chi connectivity index (χ4n) is 1.64. The Morgan fingerprint density at radius 1 is 1.18 bits per heavy atom. The number of hydrogen-bond acceptors (Lipinski definition) is 4. The Bertz CT molecular complexity index is 538. The van der Waals surface area contributed by atoms with Gasteiger partial charge in [-0.05, 0) is 34.1 Å². The van der Waals surface area contributed by atoms with E-state index in [-0.39, 0.29) is 0 Å². The third-order valence-electron chi connectivity index (χ3n) is 2.52. The van der Waals surface area contributed by atoms with Gasteiger partial charge in [0.1, 0.15) is 5.76 Å². The largest absolute Gasteiger partial charge is 0.466 e. The van der Waals surface area contributed by atoms with Gasteiger partial charge < -0.3 is 19.2 Å². The molecule has 0 unspecified atom stereocenters. The average molecular weight is 296 g/mol. The standard InChI is InChI=1S/C12H10BrNO3/c13-9-3-4-15-12(9)6-14-8-1-2-10-11(5-8)17-7-16-10/h1-5,14H,6-7H2. The summed E-state index contributed by atoms with van der Waals surface area (Å²) in [5.74, 6) is 2.42. The molecule has 5 heteroatoms. The van der Waals surface area contributed by atoms with Gasteiger partial charge in [-0.3, -0.25) is 0 Å². The number of furan rings is 1. The molecule has 1 aliphatic heterocycles. The highest BCUT2D eigenvalue weighted by Gasteiger charge is 2.13. The number of anilines is 1. The fourth-order valence-corrected chi connectivity index (χ4v) is 1.98. The first kappa shape index (κ1) is 10.5. The van der Waals surface area contributed by atoms with Gasteiger partial charge in [-0.15, -0.1) is 0 Å². The van der Waals surface area contributed by atoms with Crippen molar-refractivity contribution in [1.82, 2.24) is 0 Å². The summed E-state index contributed by atoms with van der Waals surface area (Å²) in [6, 6.07) is 7.63. The summed E-state index contributed by atoms with van der Waals surface area (Å²) in [6.45, 7) is 0.912. The highest BCUT2D eigenvalue weighted by molar-refractivity contribution is 9.10. The van der Waals surface area contributed by atoms with Gasteiger partial charge in [0.25, 0.3) is 0 Å². The Morgan fingerprint density at radius 2 is 2.06 bits per heavy atom. The highest BCUT2D eigenvalue weighted by atomic mass is 79.9. The number of rotatable bonds is 3. The number of halogens is 1. The van der Waals surface area contributed by atoms with E-state index in [1.165, 1.54) is 0 Å². The van der Waals surface area contributed by atoms with Crippen molar-refractivity contribution in [3.8, 4) is 11.5 Å². The van der Waals surface area contributed by atoms with E-state index < -0.39 is 0 Å². The predicted octanol–water partition coefficient (Wildman–Crippen LogP) is 3.38. The molecule has 1 aromatic heterocycles. The number of ether oxygens (including phenoxy) is 2. The lowest BCUT2D eigenvalue weighted by Gasteiger charge is -2.05. The summed E-state index contributed by atoms with van der Waals surface area (Å²) in [7, 11) is 0. The van der Waals surface area contributed by atoms with Crippen molar-refractivity contribution in [2.24, 2.45) is 0 Å². The van der Waals surface area contributed by atoms with Crippen LogP contribution in [0.2, 0.25) is 0 Å². The van der Waals surface area contributed by atoms with Crippen LogP contribution in [0, 0.1) is 0 Å². The molecular weight excluding hydrogens is 286 g/mol. The summed E-state index contributed by atoms with van der Waals surface area (Å²) in [5, 5.41) is 3.26. The predicted molar refractivity (Wildman–Crippen MR) is 66.3 cm³/mol. The second-order valence-electron chi connectivity index (χ2n) is 3.61. The van der Waals surface area contributed by atoms with Gasteiger partial charge in [-0.1, -0.05) is 0 Å². The zero-order valence-corrected chi connectivity index (χ0v) is 10.5. The van der Waals surface area contributed by atoms with E-state index in [1.54, 1.807) is 6.26 Å². The van der Waals surface area contributed by atoms with Crippen molar-refractivity contribution in [2.75, 3.05) is 12.1 Å². The summed E-state index contributed by atoms with van der Waals surface area (Å²) >= 11 is 3.41. The molecule has 0 amide bonds. The van der Waals surface area contributed by atoms with Crippen LogP contribution in [0.1, 0.15) is 5.76 Å². The van der Waals surface area contributed by atoms with Crippen LogP contribution in [0.3, 0.4) is 0 Å². The molecule has 17 heavy (non-hydrogen) atoms. The molecule has 0 aliphatic carbocycles.